The molecule has 0 bridgehead atoms. The van der Waals surface area contributed by atoms with E-state index in [1.807, 2.05) is 54.6 Å². The summed E-state index contributed by atoms with van der Waals surface area (Å²) in [5, 5.41) is 7.85. The highest BCUT2D eigenvalue weighted by Crippen LogP contribution is 2.37. The topological polar surface area (TPSA) is 74.4 Å². The predicted octanol–water partition coefficient (Wildman–Crippen LogP) is 4.00. The van der Waals surface area contributed by atoms with E-state index in [2.05, 4.69) is 20.2 Å². The molecule has 4 rings (SSSR count). The first-order chi connectivity index (χ1) is 11.8. The van der Waals surface area contributed by atoms with Crippen molar-refractivity contribution in [1.29, 1.82) is 0 Å². The van der Waals surface area contributed by atoms with Crippen LogP contribution in [0.5, 0.6) is 0 Å². The molecule has 0 saturated carbocycles. The number of fused-ring (bicyclic) bond motifs is 1. The minimum Gasteiger partial charge on any atom is -0.360 e. The van der Waals surface area contributed by atoms with Crippen molar-refractivity contribution in [3.8, 4) is 0 Å². The van der Waals surface area contributed by atoms with Crippen molar-refractivity contribution in [1.82, 2.24) is 20.2 Å². The molecule has 0 aliphatic carbocycles. The summed E-state index contributed by atoms with van der Waals surface area (Å²) in [7, 11) is 0. The zero-order valence-corrected chi connectivity index (χ0v) is 13.5. The van der Waals surface area contributed by atoms with Crippen LogP contribution in [0.4, 0.5) is 0 Å². The zero-order chi connectivity index (χ0) is 16.4. The van der Waals surface area contributed by atoms with Gasteiger partial charge >= 0.3 is 0 Å². The molecule has 0 radical (unpaired) electrons. The molecule has 0 spiro atoms. The van der Waals surface area contributed by atoms with E-state index >= 15 is 0 Å². The van der Waals surface area contributed by atoms with Gasteiger partial charge in [-0.25, -0.2) is 4.98 Å². The number of hydrogen-bond donors (Lipinski definition) is 2. The van der Waals surface area contributed by atoms with E-state index in [0.29, 0.717) is 10.7 Å². The SMILES string of the molecule is O=C(c1c[nH]c2ccccc12)[C@@H](Sc1ncn[nH]1)c1ccccc1. The van der Waals surface area contributed by atoms with Gasteiger partial charge in [-0.2, -0.15) is 5.10 Å². The first kappa shape index (κ1) is 14.7. The van der Waals surface area contributed by atoms with Gasteiger partial charge in [-0.3, -0.25) is 9.89 Å². The average Bonchev–Trinajstić information content (AvgIpc) is 3.29. The molecule has 1 atom stereocenters. The van der Waals surface area contributed by atoms with Gasteiger partial charge in [0, 0.05) is 22.7 Å². The number of carbonyl (C=O) groups excluding carboxylic acids is 1. The number of rotatable bonds is 5. The Labute approximate surface area is 142 Å². The molecule has 4 aromatic rings. The standard InChI is InChI=1S/C18H14N4OS/c23-16(14-10-19-15-9-5-4-8-13(14)15)17(12-6-2-1-3-7-12)24-18-20-11-21-22-18/h1-11,17,19H,(H,20,21,22)/t17-/m0/s1. The van der Waals surface area contributed by atoms with Gasteiger partial charge in [-0.05, 0) is 11.6 Å². The number of aromatic nitrogens is 4. The molecule has 2 heterocycles. The van der Waals surface area contributed by atoms with Gasteiger partial charge in [-0.15, -0.1) is 0 Å². The van der Waals surface area contributed by atoms with E-state index in [0.717, 1.165) is 16.5 Å². The Kier molecular flexibility index (Phi) is 3.88. The van der Waals surface area contributed by atoms with Crippen LogP contribution in [0.1, 0.15) is 21.2 Å². The van der Waals surface area contributed by atoms with Gasteiger partial charge in [0.2, 0.25) is 0 Å². The Morgan fingerprint density at radius 2 is 1.83 bits per heavy atom. The number of nitrogens with one attached hydrogen (secondary N) is 2. The number of carbonyl (C=O) groups is 1. The number of benzene rings is 2. The van der Waals surface area contributed by atoms with Crippen molar-refractivity contribution in [2.75, 3.05) is 0 Å². The van der Waals surface area contributed by atoms with Gasteiger partial charge in [0.05, 0.1) is 0 Å². The molecule has 0 aliphatic heterocycles. The summed E-state index contributed by atoms with van der Waals surface area (Å²) in [4.78, 5) is 20.6. The van der Waals surface area contributed by atoms with Crippen LogP contribution in [0, 0.1) is 0 Å². The Balaban J connectivity index is 1.76. The van der Waals surface area contributed by atoms with Crippen LogP contribution in [-0.4, -0.2) is 25.9 Å². The Morgan fingerprint density at radius 3 is 2.62 bits per heavy atom. The van der Waals surface area contributed by atoms with Crippen LogP contribution in [-0.2, 0) is 0 Å². The third-order valence-corrected chi connectivity index (χ3v) is 4.96. The van der Waals surface area contributed by atoms with Crippen LogP contribution in [0.3, 0.4) is 0 Å². The Morgan fingerprint density at radius 1 is 1.04 bits per heavy atom. The lowest BCUT2D eigenvalue weighted by Crippen LogP contribution is -2.10. The van der Waals surface area contributed by atoms with Gasteiger partial charge in [-0.1, -0.05) is 60.3 Å². The minimum absolute atomic E-state index is 0.0417. The average molecular weight is 334 g/mol. The summed E-state index contributed by atoms with van der Waals surface area (Å²) in [6, 6.07) is 17.5. The molecule has 118 valence electrons. The van der Waals surface area contributed by atoms with Crippen molar-refractivity contribution < 1.29 is 4.79 Å². The quantitative estimate of drug-likeness (QED) is 0.427. The second kappa shape index (κ2) is 6.33. The molecule has 0 fully saturated rings. The van der Waals surface area contributed by atoms with Crippen LogP contribution >= 0.6 is 11.8 Å². The minimum atomic E-state index is -0.390. The smallest absolute Gasteiger partial charge is 0.184 e. The van der Waals surface area contributed by atoms with Crippen LogP contribution in [0.2, 0.25) is 0 Å². The largest absolute Gasteiger partial charge is 0.360 e. The van der Waals surface area contributed by atoms with Gasteiger partial charge < -0.3 is 4.98 Å². The first-order valence-electron chi connectivity index (χ1n) is 7.50. The maximum Gasteiger partial charge on any atom is 0.184 e. The number of para-hydroxylation sites is 1. The van der Waals surface area contributed by atoms with E-state index in [1.54, 1.807) is 6.20 Å². The number of nitrogens with zero attached hydrogens (tertiary/aromatic N) is 2. The predicted molar refractivity (Wildman–Crippen MR) is 94.1 cm³/mol. The van der Waals surface area contributed by atoms with Gasteiger partial charge in [0.25, 0.3) is 0 Å². The molecule has 0 aliphatic rings. The van der Waals surface area contributed by atoms with Crippen LogP contribution in [0.25, 0.3) is 10.9 Å². The summed E-state index contributed by atoms with van der Waals surface area (Å²) < 4.78 is 0. The lowest BCUT2D eigenvalue weighted by atomic mass is 10.0. The molecule has 0 unspecified atom stereocenters. The van der Waals surface area contributed by atoms with Crippen LogP contribution < -0.4 is 0 Å². The fourth-order valence-corrected chi connectivity index (χ4v) is 3.64. The molecule has 24 heavy (non-hydrogen) atoms. The van der Waals surface area contributed by atoms with Crippen molar-refractivity contribution >= 4 is 28.4 Å². The van der Waals surface area contributed by atoms with Gasteiger partial charge in [0.1, 0.15) is 11.6 Å². The third-order valence-electron chi connectivity index (χ3n) is 3.82. The van der Waals surface area contributed by atoms with E-state index in [9.17, 15) is 4.79 Å². The zero-order valence-electron chi connectivity index (χ0n) is 12.6. The third kappa shape index (κ3) is 2.72. The van der Waals surface area contributed by atoms with E-state index in [-0.39, 0.29) is 5.78 Å². The molecular formula is C18H14N4OS. The Hall–Kier alpha value is -2.86. The number of aromatic amines is 2. The molecule has 2 aromatic carbocycles. The molecule has 5 nitrogen and oxygen atoms in total. The molecule has 2 aromatic heterocycles. The lowest BCUT2D eigenvalue weighted by Gasteiger charge is -2.14. The summed E-state index contributed by atoms with van der Waals surface area (Å²) >= 11 is 1.37. The number of hydrogen-bond acceptors (Lipinski definition) is 4. The number of H-pyrrole nitrogens is 2. The summed E-state index contributed by atoms with van der Waals surface area (Å²) in [6.07, 6.45) is 3.23. The molecule has 0 saturated heterocycles. The monoisotopic (exact) mass is 334 g/mol. The molecule has 2 N–H and O–H groups in total. The summed E-state index contributed by atoms with van der Waals surface area (Å²) in [5.41, 5.74) is 2.58. The van der Waals surface area contributed by atoms with Crippen molar-refractivity contribution in [2.45, 2.75) is 10.4 Å². The highest BCUT2D eigenvalue weighted by molar-refractivity contribution is 8.00. The Bertz CT molecular complexity index is 963. The maximum absolute atomic E-state index is 13.2. The van der Waals surface area contributed by atoms with Gasteiger partial charge in [0.15, 0.2) is 10.9 Å². The number of Topliss-reactive ketones (excluding diaryl/α,β-unsaturated/α-hetero) is 1. The summed E-state index contributed by atoms with van der Waals surface area (Å²) in [6.45, 7) is 0. The fourth-order valence-electron chi connectivity index (χ4n) is 2.68. The molecule has 6 heteroatoms. The lowest BCUT2D eigenvalue weighted by molar-refractivity contribution is 0.0991. The first-order valence-corrected chi connectivity index (χ1v) is 8.38. The van der Waals surface area contributed by atoms with Crippen molar-refractivity contribution in [2.24, 2.45) is 0 Å². The molecule has 0 amide bonds. The second-order valence-corrected chi connectivity index (χ2v) is 6.41. The van der Waals surface area contributed by atoms with Crippen LogP contribution in [0.15, 0.2) is 72.3 Å². The normalized spacial score (nSPS) is 12.3. The number of thioether (sulfide) groups is 1. The van der Waals surface area contributed by atoms with E-state index < -0.39 is 5.25 Å². The van der Waals surface area contributed by atoms with Crippen molar-refractivity contribution in [3.63, 3.8) is 0 Å². The highest BCUT2D eigenvalue weighted by atomic mass is 32.2. The fraction of sp³-hybridized carbons (Fsp3) is 0.0556. The van der Waals surface area contributed by atoms with E-state index in [4.69, 9.17) is 0 Å². The number of ketones is 1. The van der Waals surface area contributed by atoms with E-state index in [1.165, 1.54) is 18.1 Å². The maximum atomic E-state index is 13.2. The van der Waals surface area contributed by atoms with Crippen molar-refractivity contribution in [3.05, 3.63) is 78.2 Å². The summed E-state index contributed by atoms with van der Waals surface area (Å²) in [5.74, 6) is 0.0417. The second-order valence-electron chi connectivity index (χ2n) is 5.31. The molecular weight excluding hydrogens is 320 g/mol. The highest BCUT2D eigenvalue weighted by Gasteiger charge is 2.26.